The highest BCUT2D eigenvalue weighted by atomic mass is 32.2. The second kappa shape index (κ2) is 8.31. The molecule has 1 N–H and O–H groups in total. The number of rotatable bonds is 6. The predicted octanol–water partition coefficient (Wildman–Crippen LogP) is 1.74. The van der Waals surface area contributed by atoms with E-state index >= 15 is 0 Å². The van der Waals surface area contributed by atoms with Crippen molar-refractivity contribution in [3.05, 3.63) is 0 Å². The first-order valence-corrected chi connectivity index (χ1v) is 4.79. The van der Waals surface area contributed by atoms with E-state index in [-0.39, 0.29) is 0 Å². The van der Waals surface area contributed by atoms with Gasteiger partial charge in [0.15, 0.2) is 0 Å². The summed E-state index contributed by atoms with van der Waals surface area (Å²) < 4.78 is 0. The van der Waals surface area contributed by atoms with Gasteiger partial charge in [-0.3, -0.25) is 0 Å². The van der Waals surface area contributed by atoms with Crippen molar-refractivity contribution in [1.82, 2.24) is 5.32 Å². The second-order valence-electron chi connectivity index (χ2n) is 2.07. The fourth-order valence-electron chi connectivity index (χ4n) is 0.597. The average Bonchev–Trinajstić information content (AvgIpc) is 1.89. The zero-order valence-electron chi connectivity index (χ0n) is 6.44. The number of hydrogen-bond donors (Lipinski definition) is 1. The third kappa shape index (κ3) is 8.31. The summed E-state index contributed by atoms with van der Waals surface area (Å²) in [6.45, 7) is 3.39. The molecule has 0 saturated heterocycles. The summed E-state index contributed by atoms with van der Waals surface area (Å²) in [5.41, 5.74) is 0. The van der Waals surface area contributed by atoms with Crippen molar-refractivity contribution >= 4 is 11.8 Å². The third-order valence-electron chi connectivity index (χ3n) is 1.06. The summed E-state index contributed by atoms with van der Waals surface area (Å²) in [7, 11) is 2.00. The zero-order chi connectivity index (χ0) is 6.95. The molecule has 0 unspecified atom stereocenters. The van der Waals surface area contributed by atoms with E-state index in [9.17, 15) is 0 Å². The Morgan fingerprint density at radius 1 is 1.33 bits per heavy atom. The Labute approximate surface area is 62.6 Å². The van der Waals surface area contributed by atoms with Gasteiger partial charge in [0.2, 0.25) is 0 Å². The van der Waals surface area contributed by atoms with Crippen molar-refractivity contribution in [3.63, 3.8) is 0 Å². The van der Waals surface area contributed by atoms with E-state index in [1.165, 1.54) is 24.3 Å². The summed E-state index contributed by atoms with van der Waals surface area (Å²) in [6.07, 6.45) is 2.62. The van der Waals surface area contributed by atoms with Gasteiger partial charge in [-0.2, -0.15) is 11.8 Å². The second-order valence-corrected chi connectivity index (χ2v) is 3.29. The Morgan fingerprint density at radius 2 is 2.11 bits per heavy atom. The quantitative estimate of drug-likeness (QED) is 0.574. The highest BCUT2D eigenvalue weighted by Gasteiger charge is 1.85. The smallest absolute Gasteiger partial charge is 0.00441 e. The van der Waals surface area contributed by atoms with Crippen LogP contribution in [-0.2, 0) is 0 Å². The van der Waals surface area contributed by atoms with Gasteiger partial charge >= 0.3 is 0 Å². The molecule has 0 radical (unpaired) electrons. The van der Waals surface area contributed by atoms with Crippen LogP contribution in [0.4, 0.5) is 0 Å². The maximum atomic E-state index is 3.13. The molecule has 0 amide bonds. The van der Waals surface area contributed by atoms with Crippen LogP contribution in [0.15, 0.2) is 0 Å². The standard InChI is InChI=1S/C7H17NS/c1-3-6-9-7-4-5-8-2/h8H,3-7H2,1-2H3. The minimum Gasteiger partial charge on any atom is -0.320 e. The van der Waals surface area contributed by atoms with Crippen LogP contribution in [0.3, 0.4) is 0 Å². The first-order valence-electron chi connectivity index (χ1n) is 3.64. The lowest BCUT2D eigenvalue weighted by molar-refractivity contribution is 0.778. The van der Waals surface area contributed by atoms with Gasteiger partial charge in [0, 0.05) is 0 Å². The third-order valence-corrected chi connectivity index (χ3v) is 2.34. The summed E-state index contributed by atoms with van der Waals surface area (Å²) in [6, 6.07) is 0. The number of thioether (sulfide) groups is 1. The molecule has 0 aromatic carbocycles. The molecule has 0 atom stereocenters. The number of hydrogen-bond acceptors (Lipinski definition) is 2. The van der Waals surface area contributed by atoms with Gasteiger partial charge < -0.3 is 5.32 Å². The van der Waals surface area contributed by atoms with E-state index in [2.05, 4.69) is 24.0 Å². The summed E-state index contributed by atoms with van der Waals surface area (Å²) in [5, 5.41) is 3.13. The molecule has 0 spiro atoms. The van der Waals surface area contributed by atoms with Gasteiger partial charge in [-0.05, 0) is 37.9 Å². The maximum Gasteiger partial charge on any atom is -0.00441 e. The van der Waals surface area contributed by atoms with Crippen molar-refractivity contribution in [2.24, 2.45) is 0 Å². The van der Waals surface area contributed by atoms with E-state index in [1.807, 2.05) is 7.05 Å². The van der Waals surface area contributed by atoms with Gasteiger partial charge in [0.25, 0.3) is 0 Å². The fraction of sp³-hybridized carbons (Fsp3) is 1.00. The van der Waals surface area contributed by atoms with Crippen molar-refractivity contribution in [2.45, 2.75) is 19.8 Å². The first-order chi connectivity index (χ1) is 4.41. The fourth-order valence-corrected chi connectivity index (χ4v) is 1.44. The lowest BCUT2D eigenvalue weighted by Gasteiger charge is -1.97. The first kappa shape index (κ1) is 9.31. The SMILES string of the molecule is CCCSCCCNC. The average molecular weight is 147 g/mol. The van der Waals surface area contributed by atoms with Crippen molar-refractivity contribution in [1.29, 1.82) is 0 Å². The molecule has 9 heavy (non-hydrogen) atoms. The maximum absolute atomic E-state index is 3.13. The monoisotopic (exact) mass is 147 g/mol. The molecule has 0 saturated carbocycles. The van der Waals surface area contributed by atoms with Crippen LogP contribution < -0.4 is 5.32 Å². The molecule has 0 aliphatic carbocycles. The molecular weight excluding hydrogens is 130 g/mol. The van der Waals surface area contributed by atoms with Gasteiger partial charge in [0.05, 0.1) is 0 Å². The molecule has 1 nitrogen and oxygen atoms in total. The van der Waals surface area contributed by atoms with Gasteiger partial charge in [-0.25, -0.2) is 0 Å². The van der Waals surface area contributed by atoms with Gasteiger partial charge in [-0.15, -0.1) is 0 Å². The van der Waals surface area contributed by atoms with Crippen molar-refractivity contribution < 1.29 is 0 Å². The van der Waals surface area contributed by atoms with E-state index in [4.69, 9.17) is 0 Å². The molecule has 0 aliphatic rings. The molecule has 0 heterocycles. The number of nitrogens with one attached hydrogen (secondary N) is 1. The normalized spacial score (nSPS) is 10.0. The Balaban J connectivity index is 2.60. The Morgan fingerprint density at radius 3 is 2.67 bits per heavy atom. The highest BCUT2D eigenvalue weighted by Crippen LogP contribution is 2.02. The largest absolute Gasteiger partial charge is 0.320 e. The molecular formula is C7H17NS. The van der Waals surface area contributed by atoms with E-state index in [0.717, 1.165) is 6.54 Å². The molecule has 0 aromatic rings. The van der Waals surface area contributed by atoms with Crippen molar-refractivity contribution in [3.8, 4) is 0 Å². The Bertz CT molecular complexity index is 42.2. The van der Waals surface area contributed by atoms with E-state index < -0.39 is 0 Å². The highest BCUT2D eigenvalue weighted by molar-refractivity contribution is 7.99. The van der Waals surface area contributed by atoms with E-state index in [0.29, 0.717) is 0 Å². The van der Waals surface area contributed by atoms with Crippen LogP contribution in [0.25, 0.3) is 0 Å². The topological polar surface area (TPSA) is 12.0 Å². The Kier molecular flexibility index (Phi) is 8.60. The lowest BCUT2D eigenvalue weighted by atomic mass is 10.5. The van der Waals surface area contributed by atoms with Crippen LogP contribution >= 0.6 is 11.8 Å². The van der Waals surface area contributed by atoms with Crippen LogP contribution in [0.5, 0.6) is 0 Å². The summed E-state index contributed by atoms with van der Waals surface area (Å²) >= 11 is 2.05. The molecule has 56 valence electrons. The minimum atomic E-state index is 1.16. The van der Waals surface area contributed by atoms with Crippen molar-refractivity contribution in [2.75, 3.05) is 25.1 Å². The molecule has 2 heteroatoms. The van der Waals surface area contributed by atoms with Crippen LogP contribution in [0.2, 0.25) is 0 Å². The molecule has 0 aliphatic heterocycles. The molecule has 0 aromatic heterocycles. The summed E-state index contributed by atoms with van der Waals surface area (Å²) in [4.78, 5) is 0. The molecule has 0 bridgehead atoms. The van der Waals surface area contributed by atoms with E-state index in [1.54, 1.807) is 0 Å². The van der Waals surface area contributed by atoms with Crippen LogP contribution in [-0.4, -0.2) is 25.1 Å². The predicted molar refractivity (Wildman–Crippen MR) is 46.2 cm³/mol. The van der Waals surface area contributed by atoms with Crippen LogP contribution in [0.1, 0.15) is 19.8 Å². The van der Waals surface area contributed by atoms with Gasteiger partial charge in [0.1, 0.15) is 0 Å². The Hall–Kier alpha value is 0.310. The minimum absolute atomic E-state index is 1.16. The summed E-state index contributed by atoms with van der Waals surface area (Å²) in [5.74, 6) is 2.64. The lowest BCUT2D eigenvalue weighted by Crippen LogP contribution is -2.08. The molecule has 0 rings (SSSR count). The van der Waals surface area contributed by atoms with Gasteiger partial charge in [-0.1, -0.05) is 6.92 Å². The van der Waals surface area contributed by atoms with Crippen LogP contribution in [0, 0.1) is 0 Å². The molecule has 0 fully saturated rings. The zero-order valence-corrected chi connectivity index (χ0v) is 7.26.